The normalized spacial score (nSPS) is 16.0. The summed E-state index contributed by atoms with van der Waals surface area (Å²) in [6.07, 6.45) is 8.13. The Morgan fingerprint density at radius 3 is 2.82 bits per heavy atom. The van der Waals surface area contributed by atoms with Crippen LogP contribution in [0.15, 0.2) is 42.7 Å². The van der Waals surface area contributed by atoms with Gasteiger partial charge in [-0.3, -0.25) is 9.78 Å². The molecule has 1 aliphatic carbocycles. The number of aromatic nitrogens is 1. The highest BCUT2D eigenvalue weighted by molar-refractivity contribution is 6.02. The Kier molecular flexibility index (Phi) is 2.48. The molecule has 84 valence electrons. The molecule has 2 heteroatoms. The Hall–Kier alpha value is -1.96. The van der Waals surface area contributed by atoms with Gasteiger partial charge in [0.25, 0.3) is 0 Å². The van der Waals surface area contributed by atoms with Crippen molar-refractivity contribution in [1.82, 2.24) is 4.98 Å². The molecule has 0 bridgehead atoms. The summed E-state index contributed by atoms with van der Waals surface area (Å²) in [7, 11) is 0. The number of hydrogen-bond acceptors (Lipinski definition) is 2. The summed E-state index contributed by atoms with van der Waals surface area (Å²) in [4.78, 5) is 15.7. The number of hydrogen-bond donors (Lipinski definition) is 0. The lowest BCUT2D eigenvalue weighted by molar-refractivity contribution is -0.114. The van der Waals surface area contributed by atoms with Crippen LogP contribution in [0.2, 0.25) is 0 Å². The predicted octanol–water partition coefficient (Wildman–Crippen LogP) is 3.37. The van der Waals surface area contributed by atoms with Crippen LogP contribution in [0.5, 0.6) is 0 Å². The van der Waals surface area contributed by atoms with Crippen molar-refractivity contribution in [3.05, 3.63) is 48.3 Å². The fourth-order valence-electron chi connectivity index (χ4n) is 2.38. The van der Waals surface area contributed by atoms with Gasteiger partial charge in [0.2, 0.25) is 0 Å². The SMILES string of the molecule is O=C1C=C(c2cncc3ccccc23)CCC1. The lowest BCUT2D eigenvalue weighted by Gasteiger charge is -2.13. The van der Waals surface area contributed by atoms with E-state index in [0.717, 1.165) is 29.4 Å². The summed E-state index contributed by atoms with van der Waals surface area (Å²) in [5.74, 6) is 0.235. The topological polar surface area (TPSA) is 30.0 Å². The Labute approximate surface area is 100.0 Å². The lowest BCUT2D eigenvalue weighted by atomic mass is 9.91. The third kappa shape index (κ3) is 1.86. The van der Waals surface area contributed by atoms with Gasteiger partial charge in [-0.2, -0.15) is 0 Å². The third-order valence-electron chi connectivity index (χ3n) is 3.22. The summed E-state index contributed by atoms with van der Waals surface area (Å²) in [5.41, 5.74) is 2.24. The Morgan fingerprint density at radius 2 is 1.94 bits per heavy atom. The van der Waals surface area contributed by atoms with Crippen molar-refractivity contribution in [1.29, 1.82) is 0 Å². The monoisotopic (exact) mass is 223 g/mol. The van der Waals surface area contributed by atoms with E-state index in [1.165, 1.54) is 5.39 Å². The summed E-state index contributed by atoms with van der Waals surface area (Å²) in [6.45, 7) is 0. The van der Waals surface area contributed by atoms with Gasteiger partial charge in [-0.15, -0.1) is 0 Å². The van der Waals surface area contributed by atoms with Crippen LogP contribution >= 0.6 is 0 Å². The average Bonchev–Trinajstić information content (AvgIpc) is 2.38. The minimum Gasteiger partial charge on any atom is -0.295 e. The summed E-state index contributed by atoms with van der Waals surface area (Å²) in [5, 5.41) is 2.31. The maximum Gasteiger partial charge on any atom is 0.155 e. The van der Waals surface area contributed by atoms with Crippen molar-refractivity contribution < 1.29 is 4.79 Å². The van der Waals surface area contributed by atoms with E-state index in [9.17, 15) is 4.79 Å². The van der Waals surface area contributed by atoms with Gasteiger partial charge in [0, 0.05) is 29.8 Å². The molecule has 0 amide bonds. The van der Waals surface area contributed by atoms with E-state index in [1.807, 2.05) is 24.5 Å². The second-order valence-electron chi connectivity index (χ2n) is 4.40. The molecular weight excluding hydrogens is 210 g/mol. The van der Waals surface area contributed by atoms with Crippen LogP contribution in [-0.4, -0.2) is 10.8 Å². The summed E-state index contributed by atoms with van der Waals surface area (Å²) in [6, 6.07) is 8.18. The molecule has 0 saturated carbocycles. The minimum atomic E-state index is 0.235. The highest BCUT2D eigenvalue weighted by atomic mass is 16.1. The Balaban J connectivity index is 2.20. The van der Waals surface area contributed by atoms with E-state index in [2.05, 4.69) is 17.1 Å². The van der Waals surface area contributed by atoms with Crippen molar-refractivity contribution >= 4 is 22.1 Å². The van der Waals surface area contributed by atoms with E-state index in [1.54, 1.807) is 6.08 Å². The molecule has 3 rings (SSSR count). The van der Waals surface area contributed by atoms with Crippen molar-refractivity contribution in [3.63, 3.8) is 0 Å². The van der Waals surface area contributed by atoms with Crippen molar-refractivity contribution in [3.8, 4) is 0 Å². The molecule has 1 aromatic heterocycles. The molecule has 1 aliphatic rings. The number of fused-ring (bicyclic) bond motifs is 1. The zero-order valence-corrected chi connectivity index (χ0v) is 9.52. The maximum atomic E-state index is 11.5. The van der Waals surface area contributed by atoms with Gasteiger partial charge in [0.1, 0.15) is 0 Å². The molecule has 1 aromatic carbocycles. The van der Waals surface area contributed by atoms with Crippen LogP contribution in [0.25, 0.3) is 16.3 Å². The molecule has 0 atom stereocenters. The van der Waals surface area contributed by atoms with Crippen molar-refractivity contribution in [2.24, 2.45) is 0 Å². The van der Waals surface area contributed by atoms with E-state index in [4.69, 9.17) is 0 Å². The van der Waals surface area contributed by atoms with Crippen molar-refractivity contribution in [2.75, 3.05) is 0 Å². The number of benzene rings is 1. The Morgan fingerprint density at radius 1 is 1.06 bits per heavy atom. The Bertz CT molecular complexity index is 608. The number of ketones is 1. The number of pyridine rings is 1. The minimum absolute atomic E-state index is 0.235. The van der Waals surface area contributed by atoms with Gasteiger partial charge in [-0.05, 0) is 29.9 Å². The van der Waals surface area contributed by atoms with Crippen LogP contribution < -0.4 is 0 Å². The van der Waals surface area contributed by atoms with Crippen LogP contribution in [0.4, 0.5) is 0 Å². The number of nitrogens with zero attached hydrogens (tertiary/aromatic N) is 1. The van der Waals surface area contributed by atoms with E-state index in [-0.39, 0.29) is 5.78 Å². The van der Waals surface area contributed by atoms with Gasteiger partial charge < -0.3 is 0 Å². The van der Waals surface area contributed by atoms with Gasteiger partial charge >= 0.3 is 0 Å². The van der Waals surface area contributed by atoms with E-state index < -0.39 is 0 Å². The second-order valence-corrected chi connectivity index (χ2v) is 4.40. The van der Waals surface area contributed by atoms with E-state index in [0.29, 0.717) is 6.42 Å². The standard InChI is InChI=1S/C15H13NO/c17-13-6-3-5-11(8-13)15-10-16-9-12-4-1-2-7-14(12)15/h1-2,4,7-10H,3,5-6H2. The van der Waals surface area contributed by atoms with E-state index >= 15 is 0 Å². The smallest absolute Gasteiger partial charge is 0.155 e. The van der Waals surface area contributed by atoms with Gasteiger partial charge in [0.15, 0.2) is 5.78 Å². The molecule has 0 spiro atoms. The molecule has 0 unspecified atom stereocenters. The second kappa shape index (κ2) is 4.13. The number of rotatable bonds is 1. The molecule has 1 heterocycles. The molecule has 0 radical (unpaired) electrons. The summed E-state index contributed by atoms with van der Waals surface area (Å²) >= 11 is 0. The van der Waals surface area contributed by atoms with Crippen LogP contribution in [0.1, 0.15) is 24.8 Å². The van der Waals surface area contributed by atoms with Crippen LogP contribution in [0.3, 0.4) is 0 Å². The van der Waals surface area contributed by atoms with Crippen molar-refractivity contribution in [2.45, 2.75) is 19.3 Å². The molecule has 0 aliphatic heterocycles. The zero-order valence-electron chi connectivity index (χ0n) is 9.52. The lowest BCUT2D eigenvalue weighted by Crippen LogP contribution is -2.02. The number of allylic oxidation sites excluding steroid dienone is 2. The number of carbonyl (C=O) groups excluding carboxylic acids is 1. The first-order valence-electron chi connectivity index (χ1n) is 5.91. The molecule has 0 N–H and O–H groups in total. The molecule has 2 aromatic rings. The first-order chi connectivity index (χ1) is 8.34. The zero-order chi connectivity index (χ0) is 11.7. The molecular formula is C15H13NO. The predicted molar refractivity (Wildman–Crippen MR) is 68.6 cm³/mol. The fraction of sp³-hybridized carbons (Fsp3) is 0.200. The molecule has 0 saturated heterocycles. The highest BCUT2D eigenvalue weighted by Crippen LogP contribution is 2.29. The molecule has 0 fully saturated rings. The van der Waals surface area contributed by atoms with Crippen LogP contribution in [-0.2, 0) is 4.79 Å². The quantitative estimate of drug-likeness (QED) is 0.741. The highest BCUT2D eigenvalue weighted by Gasteiger charge is 2.13. The molecule has 2 nitrogen and oxygen atoms in total. The number of carbonyl (C=O) groups is 1. The first kappa shape index (κ1) is 10.2. The fourth-order valence-corrected chi connectivity index (χ4v) is 2.38. The largest absolute Gasteiger partial charge is 0.295 e. The first-order valence-corrected chi connectivity index (χ1v) is 5.91. The van der Waals surface area contributed by atoms with Gasteiger partial charge in [-0.25, -0.2) is 0 Å². The maximum absolute atomic E-state index is 11.5. The van der Waals surface area contributed by atoms with Gasteiger partial charge in [0.05, 0.1) is 0 Å². The third-order valence-corrected chi connectivity index (χ3v) is 3.22. The average molecular weight is 223 g/mol. The van der Waals surface area contributed by atoms with Crippen LogP contribution in [0, 0.1) is 0 Å². The van der Waals surface area contributed by atoms with Gasteiger partial charge in [-0.1, -0.05) is 24.3 Å². The molecule has 17 heavy (non-hydrogen) atoms. The summed E-state index contributed by atoms with van der Waals surface area (Å²) < 4.78 is 0.